The van der Waals surface area contributed by atoms with Gasteiger partial charge < -0.3 is 0 Å². The molecule has 6 aliphatic heterocycles. The van der Waals surface area contributed by atoms with Gasteiger partial charge in [0.15, 0.2) is 0 Å². The Labute approximate surface area is 311 Å². The Hall–Kier alpha value is 0.750. The van der Waals surface area contributed by atoms with Crippen molar-refractivity contribution < 1.29 is 21.0 Å². The summed E-state index contributed by atoms with van der Waals surface area (Å²) in [6, 6.07) is 0. The molecule has 0 amide bonds. The average Bonchev–Trinajstić information content (AvgIpc) is 3.08. The first kappa shape index (κ1) is 39.4. The lowest BCUT2D eigenvalue weighted by Crippen LogP contribution is -2.31. The first-order chi connectivity index (χ1) is 23.7. The molecule has 11 fully saturated rings. The van der Waals surface area contributed by atoms with Gasteiger partial charge in [0.1, 0.15) is 0 Å². The Morgan fingerprint density at radius 2 is 0.388 bits per heavy atom. The predicted octanol–water partition coefficient (Wildman–Crippen LogP) is 7.53. The standard InChI is InChI=1S/C39H68O5S5/c40-45-21-30-1-3-31(4-2-30)22-46(41)24-33-9-11-35(12-10-33)26-48(43)28-37-17-19-39(20-18-37)49(44)29-38-15-13-36(14-16-38)27-47(42)25-34-7-5-32(23-45)6-8-34/h30-39H,1-29H2. The van der Waals surface area contributed by atoms with Gasteiger partial charge in [-0.2, -0.15) is 0 Å². The third kappa shape index (κ3) is 12.9. The van der Waals surface area contributed by atoms with E-state index in [4.69, 9.17) is 0 Å². The number of hydrogen-bond acceptors (Lipinski definition) is 5. The van der Waals surface area contributed by atoms with E-state index in [-0.39, 0.29) is 0 Å². The molecule has 5 aliphatic carbocycles. The highest BCUT2D eigenvalue weighted by atomic mass is 32.2. The Morgan fingerprint density at radius 3 is 0.592 bits per heavy atom. The fourth-order valence-corrected chi connectivity index (χ4v) is 19.8. The zero-order valence-electron chi connectivity index (χ0n) is 30.4. The van der Waals surface area contributed by atoms with Crippen molar-refractivity contribution in [3.05, 3.63) is 0 Å². The summed E-state index contributed by atoms with van der Waals surface area (Å²) in [6.45, 7) is 0. The summed E-state index contributed by atoms with van der Waals surface area (Å²) in [5.41, 5.74) is 0. The summed E-state index contributed by atoms with van der Waals surface area (Å²) >= 11 is 0. The highest BCUT2D eigenvalue weighted by molar-refractivity contribution is 7.86. The maximum absolute atomic E-state index is 13.4. The van der Waals surface area contributed by atoms with Crippen LogP contribution < -0.4 is 0 Å². The van der Waals surface area contributed by atoms with Gasteiger partial charge in [0.25, 0.3) is 0 Å². The van der Waals surface area contributed by atoms with Crippen LogP contribution in [-0.2, 0) is 54.0 Å². The van der Waals surface area contributed by atoms with Crippen LogP contribution in [0.15, 0.2) is 0 Å². The SMILES string of the molecule is O=S1CC2CCC(CC2)CS(=O)CC2CCC(CC2)CS(=O)CC2CCC(CC2)S(=O)CC2CCC(CC2)CS(=O)CC2CCC(CC2)C1. The molecule has 6 saturated heterocycles. The van der Waals surface area contributed by atoms with Crippen LogP contribution in [0.25, 0.3) is 0 Å². The third-order valence-corrected chi connectivity index (χ3v) is 22.6. The van der Waals surface area contributed by atoms with Crippen LogP contribution in [0.4, 0.5) is 0 Å². The lowest BCUT2D eigenvalue weighted by molar-refractivity contribution is 0.303. The van der Waals surface area contributed by atoms with Gasteiger partial charge in [-0.05, 0) is 182 Å². The van der Waals surface area contributed by atoms with Gasteiger partial charge in [-0.25, -0.2) is 0 Å². The van der Waals surface area contributed by atoms with Crippen molar-refractivity contribution in [2.24, 2.45) is 53.3 Å². The van der Waals surface area contributed by atoms with E-state index in [0.29, 0.717) is 58.5 Å². The predicted molar refractivity (Wildman–Crippen MR) is 212 cm³/mol. The summed E-state index contributed by atoms with van der Waals surface area (Å²) in [7, 11) is -3.75. The molecule has 0 aromatic rings. The first-order valence-electron chi connectivity index (χ1n) is 20.5. The van der Waals surface area contributed by atoms with Crippen LogP contribution >= 0.6 is 0 Å². The second-order valence-electron chi connectivity index (χ2n) is 17.8. The fraction of sp³-hybridized carbons (Fsp3) is 1.00. The van der Waals surface area contributed by atoms with Gasteiger partial charge >= 0.3 is 0 Å². The molecule has 5 saturated carbocycles. The van der Waals surface area contributed by atoms with Crippen molar-refractivity contribution in [1.82, 2.24) is 0 Å². The minimum Gasteiger partial charge on any atom is -0.260 e. The smallest absolute Gasteiger partial charge is 0.0348 e. The molecule has 5 unspecified atom stereocenters. The molecule has 10 bridgehead atoms. The van der Waals surface area contributed by atoms with E-state index in [1.807, 2.05) is 0 Å². The van der Waals surface area contributed by atoms with Crippen LogP contribution in [-0.4, -0.2) is 78.1 Å². The van der Waals surface area contributed by atoms with E-state index in [0.717, 1.165) is 180 Å². The van der Waals surface area contributed by atoms with Crippen molar-refractivity contribution >= 4 is 54.0 Å². The zero-order chi connectivity index (χ0) is 34.2. The Bertz CT molecular complexity index is 1140. The molecule has 0 radical (unpaired) electrons. The molecular formula is C39H68O5S5. The van der Waals surface area contributed by atoms with Gasteiger partial charge in [0.05, 0.1) is 0 Å². The van der Waals surface area contributed by atoms with Crippen LogP contribution in [0, 0.1) is 53.3 Å². The summed E-state index contributed by atoms with van der Waals surface area (Å²) in [5, 5.41) is 0.323. The molecule has 5 nitrogen and oxygen atoms in total. The Morgan fingerprint density at radius 1 is 0.224 bits per heavy atom. The molecule has 0 spiro atoms. The topological polar surface area (TPSA) is 85.3 Å². The number of hydrogen-bond donors (Lipinski definition) is 0. The van der Waals surface area contributed by atoms with Crippen LogP contribution in [0.3, 0.4) is 0 Å². The molecule has 49 heavy (non-hydrogen) atoms. The molecular weight excluding hydrogens is 709 g/mol. The summed E-state index contributed by atoms with van der Waals surface area (Å²) < 4.78 is 66.1. The first-order valence-corrected chi connectivity index (χ1v) is 27.8. The van der Waals surface area contributed by atoms with E-state index in [9.17, 15) is 21.0 Å². The molecule has 6 heterocycles. The molecule has 11 aliphatic rings. The highest BCUT2D eigenvalue weighted by Crippen LogP contribution is 2.37. The van der Waals surface area contributed by atoms with Gasteiger partial charge in [0, 0.05) is 111 Å². The molecule has 11 rings (SSSR count). The van der Waals surface area contributed by atoms with Crippen molar-refractivity contribution in [2.45, 2.75) is 134 Å². The van der Waals surface area contributed by atoms with Gasteiger partial charge in [-0.15, -0.1) is 0 Å². The van der Waals surface area contributed by atoms with E-state index in [2.05, 4.69) is 0 Å². The van der Waals surface area contributed by atoms with Crippen molar-refractivity contribution in [2.75, 3.05) is 51.8 Å². The number of fused-ring (bicyclic) bond motifs is 5. The maximum Gasteiger partial charge on any atom is 0.0348 e. The lowest BCUT2D eigenvalue weighted by atomic mass is 9.84. The van der Waals surface area contributed by atoms with Crippen molar-refractivity contribution in [3.8, 4) is 0 Å². The van der Waals surface area contributed by atoms with Crippen LogP contribution in [0.5, 0.6) is 0 Å². The molecule has 5 atom stereocenters. The largest absolute Gasteiger partial charge is 0.260 e. The van der Waals surface area contributed by atoms with Crippen LogP contribution in [0.2, 0.25) is 0 Å². The van der Waals surface area contributed by atoms with Crippen LogP contribution in [0.1, 0.15) is 128 Å². The summed E-state index contributed by atoms with van der Waals surface area (Å²) in [5.74, 6) is 12.7. The second kappa shape index (κ2) is 19.9. The molecule has 284 valence electrons. The van der Waals surface area contributed by atoms with E-state index in [1.54, 1.807) is 0 Å². The highest BCUT2D eigenvalue weighted by Gasteiger charge is 2.33. The van der Waals surface area contributed by atoms with Crippen molar-refractivity contribution in [3.63, 3.8) is 0 Å². The van der Waals surface area contributed by atoms with E-state index < -0.39 is 54.0 Å². The molecule has 0 aromatic carbocycles. The van der Waals surface area contributed by atoms with E-state index in [1.165, 1.54) is 0 Å². The molecule has 0 N–H and O–H groups in total. The summed E-state index contributed by atoms with van der Waals surface area (Å²) in [6.07, 6.45) is 22.6. The maximum atomic E-state index is 13.4. The fourth-order valence-electron chi connectivity index (χ4n) is 10.6. The second-order valence-corrected chi connectivity index (χ2v) is 25.8. The average molecular weight is 777 g/mol. The minimum absolute atomic E-state index is 0.323. The Balaban J connectivity index is 0.989. The summed E-state index contributed by atoms with van der Waals surface area (Å²) in [4.78, 5) is 0. The van der Waals surface area contributed by atoms with Crippen molar-refractivity contribution in [1.29, 1.82) is 0 Å². The van der Waals surface area contributed by atoms with Gasteiger partial charge in [-0.1, -0.05) is 0 Å². The minimum atomic E-state index is -0.762. The quantitative estimate of drug-likeness (QED) is 0.254. The Kier molecular flexibility index (Phi) is 16.0. The molecule has 10 heteroatoms. The normalized spacial score (nSPS) is 47.5. The lowest BCUT2D eigenvalue weighted by Gasteiger charge is -2.32. The van der Waals surface area contributed by atoms with Gasteiger partial charge in [0.2, 0.25) is 0 Å². The molecule has 0 aromatic heterocycles. The zero-order valence-corrected chi connectivity index (χ0v) is 34.4. The van der Waals surface area contributed by atoms with E-state index >= 15 is 0 Å². The number of rotatable bonds is 0. The van der Waals surface area contributed by atoms with Gasteiger partial charge in [-0.3, -0.25) is 21.0 Å². The third-order valence-electron chi connectivity index (χ3n) is 13.8. The monoisotopic (exact) mass is 776 g/mol.